The molecule has 0 saturated carbocycles. The molecule has 3 heteroatoms. The second kappa shape index (κ2) is 4.97. The molecule has 0 bridgehead atoms. The van der Waals surface area contributed by atoms with E-state index in [0.717, 1.165) is 19.4 Å². The van der Waals surface area contributed by atoms with Gasteiger partial charge in [0.05, 0.1) is 0 Å². The maximum atomic E-state index is 12.2. The number of hydrogen-bond donors (Lipinski definition) is 0. The quantitative estimate of drug-likeness (QED) is 0.661. The summed E-state index contributed by atoms with van der Waals surface area (Å²) in [6.07, 6.45) is 3.22. The van der Waals surface area contributed by atoms with Crippen LogP contribution >= 0.6 is 0 Å². The highest BCUT2D eigenvalue weighted by molar-refractivity contribution is 5.76. The normalized spacial score (nSPS) is 23.5. The average molecular weight is 241 g/mol. The Morgan fingerprint density at radius 2 is 1.71 bits per heavy atom. The van der Waals surface area contributed by atoms with E-state index in [1.165, 1.54) is 6.42 Å². The summed E-state index contributed by atoms with van der Waals surface area (Å²) >= 11 is 0. The monoisotopic (exact) mass is 241 g/mol. The third-order valence-electron chi connectivity index (χ3n) is 3.04. The van der Waals surface area contributed by atoms with E-state index in [2.05, 4.69) is 25.7 Å². The van der Waals surface area contributed by atoms with Crippen molar-refractivity contribution >= 4 is 5.97 Å². The third-order valence-corrected chi connectivity index (χ3v) is 3.04. The average Bonchev–Trinajstić information content (AvgIpc) is 2.13. The minimum atomic E-state index is -0.391. The van der Waals surface area contributed by atoms with Gasteiger partial charge in [-0.3, -0.25) is 9.69 Å². The fourth-order valence-electron chi connectivity index (χ4n) is 2.35. The lowest BCUT2D eigenvalue weighted by molar-refractivity contribution is -0.165. The Morgan fingerprint density at radius 3 is 2.18 bits per heavy atom. The van der Waals surface area contributed by atoms with Crippen LogP contribution in [0.25, 0.3) is 0 Å². The highest BCUT2D eigenvalue weighted by Crippen LogP contribution is 2.27. The van der Waals surface area contributed by atoms with Gasteiger partial charge in [-0.05, 0) is 60.9 Å². The summed E-state index contributed by atoms with van der Waals surface area (Å²) in [4.78, 5) is 14.5. The van der Waals surface area contributed by atoms with Crippen LogP contribution in [0, 0.1) is 0 Å². The topological polar surface area (TPSA) is 29.5 Å². The van der Waals surface area contributed by atoms with Gasteiger partial charge in [-0.1, -0.05) is 6.42 Å². The maximum Gasteiger partial charge on any atom is 0.323 e. The van der Waals surface area contributed by atoms with Gasteiger partial charge in [-0.25, -0.2) is 0 Å². The molecular weight excluding hydrogens is 214 g/mol. The molecule has 0 N–H and O–H groups in total. The predicted molar refractivity (Wildman–Crippen MR) is 69.9 cm³/mol. The van der Waals surface area contributed by atoms with Gasteiger partial charge in [0.2, 0.25) is 0 Å². The highest BCUT2D eigenvalue weighted by atomic mass is 16.6. The van der Waals surface area contributed by atoms with E-state index in [1.807, 2.05) is 20.8 Å². The van der Waals surface area contributed by atoms with Crippen molar-refractivity contribution in [3.8, 4) is 0 Å². The molecule has 17 heavy (non-hydrogen) atoms. The Labute approximate surface area is 106 Å². The molecule has 0 spiro atoms. The number of hydrogen-bond acceptors (Lipinski definition) is 3. The summed E-state index contributed by atoms with van der Waals surface area (Å²) in [7, 11) is 0. The molecule has 0 aromatic heterocycles. The Bertz CT molecular complexity index is 273. The lowest BCUT2D eigenvalue weighted by atomic mass is 9.94. The van der Waals surface area contributed by atoms with Gasteiger partial charge in [0.25, 0.3) is 0 Å². The Hall–Kier alpha value is -0.570. The van der Waals surface area contributed by atoms with Gasteiger partial charge in [0, 0.05) is 5.54 Å². The van der Waals surface area contributed by atoms with Gasteiger partial charge in [-0.2, -0.15) is 0 Å². The first-order chi connectivity index (χ1) is 7.61. The zero-order valence-electron chi connectivity index (χ0n) is 12.2. The molecule has 100 valence electrons. The smallest absolute Gasteiger partial charge is 0.323 e. The molecule has 1 fully saturated rings. The van der Waals surface area contributed by atoms with Crippen molar-refractivity contribution in [2.24, 2.45) is 0 Å². The van der Waals surface area contributed by atoms with Crippen molar-refractivity contribution in [1.82, 2.24) is 4.90 Å². The van der Waals surface area contributed by atoms with Gasteiger partial charge in [0.1, 0.15) is 11.6 Å². The SMILES string of the molecule is CC(C)(C)OC(=O)[C@@H]1CCCCN1C(C)(C)C. The van der Waals surface area contributed by atoms with Gasteiger partial charge < -0.3 is 4.74 Å². The Kier molecular flexibility index (Phi) is 4.23. The first-order valence-electron chi connectivity index (χ1n) is 6.61. The zero-order valence-corrected chi connectivity index (χ0v) is 12.2. The first-order valence-corrected chi connectivity index (χ1v) is 6.61. The molecule has 0 amide bonds. The number of carbonyl (C=O) groups excluding carboxylic acids is 1. The molecule has 0 aromatic rings. The molecule has 1 rings (SSSR count). The van der Waals surface area contributed by atoms with E-state index < -0.39 is 5.60 Å². The summed E-state index contributed by atoms with van der Waals surface area (Å²) in [5.74, 6) is -0.0628. The van der Waals surface area contributed by atoms with E-state index in [4.69, 9.17) is 4.74 Å². The molecule has 1 saturated heterocycles. The van der Waals surface area contributed by atoms with Crippen LogP contribution in [0.1, 0.15) is 60.8 Å². The fourth-order valence-corrected chi connectivity index (χ4v) is 2.35. The number of nitrogens with zero attached hydrogens (tertiary/aromatic N) is 1. The minimum Gasteiger partial charge on any atom is -0.459 e. The number of esters is 1. The molecule has 1 aliphatic rings. The lowest BCUT2D eigenvalue weighted by Crippen LogP contribution is -2.55. The van der Waals surface area contributed by atoms with Crippen molar-refractivity contribution in [3.63, 3.8) is 0 Å². The Morgan fingerprint density at radius 1 is 1.12 bits per heavy atom. The molecule has 0 aromatic carbocycles. The largest absolute Gasteiger partial charge is 0.459 e. The molecule has 3 nitrogen and oxygen atoms in total. The summed E-state index contributed by atoms with van der Waals surface area (Å²) in [6, 6.07) is -0.0667. The molecule has 1 aliphatic heterocycles. The summed E-state index contributed by atoms with van der Waals surface area (Å²) < 4.78 is 5.52. The molecule has 0 aliphatic carbocycles. The van der Waals surface area contributed by atoms with Crippen LogP contribution in [0.2, 0.25) is 0 Å². The number of likely N-dealkylation sites (tertiary alicyclic amines) is 1. The van der Waals surface area contributed by atoms with Crippen LogP contribution in [-0.4, -0.2) is 34.6 Å². The van der Waals surface area contributed by atoms with Crippen molar-refractivity contribution in [3.05, 3.63) is 0 Å². The van der Waals surface area contributed by atoms with Crippen LogP contribution in [0.5, 0.6) is 0 Å². The molecular formula is C14H27NO2. The zero-order chi connectivity index (χ0) is 13.3. The second-order valence-corrected chi connectivity index (χ2v) is 6.91. The number of carbonyl (C=O) groups is 1. The summed E-state index contributed by atoms with van der Waals surface area (Å²) in [5.41, 5.74) is -0.361. The predicted octanol–water partition coefficient (Wildman–Crippen LogP) is 2.98. The standard InChI is InChI=1S/C14H27NO2/c1-13(2,3)15-10-8-7-9-11(15)12(16)17-14(4,5)6/h11H,7-10H2,1-6H3/t11-/m0/s1. The van der Waals surface area contributed by atoms with E-state index >= 15 is 0 Å². The number of ether oxygens (including phenoxy) is 1. The Balaban J connectivity index is 2.75. The maximum absolute atomic E-state index is 12.2. The summed E-state index contributed by atoms with van der Waals surface area (Å²) in [6.45, 7) is 13.3. The van der Waals surface area contributed by atoms with Crippen molar-refractivity contribution < 1.29 is 9.53 Å². The van der Waals surface area contributed by atoms with Crippen LogP contribution in [-0.2, 0) is 9.53 Å². The summed E-state index contributed by atoms with van der Waals surface area (Å²) in [5, 5.41) is 0. The van der Waals surface area contributed by atoms with Crippen molar-refractivity contribution in [1.29, 1.82) is 0 Å². The van der Waals surface area contributed by atoms with E-state index in [1.54, 1.807) is 0 Å². The third kappa shape index (κ3) is 4.30. The van der Waals surface area contributed by atoms with Gasteiger partial charge >= 0.3 is 5.97 Å². The van der Waals surface area contributed by atoms with E-state index in [0.29, 0.717) is 0 Å². The van der Waals surface area contributed by atoms with Gasteiger partial charge in [0.15, 0.2) is 0 Å². The molecule has 1 atom stereocenters. The highest BCUT2D eigenvalue weighted by Gasteiger charge is 2.37. The van der Waals surface area contributed by atoms with E-state index in [-0.39, 0.29) is 17.6 Å². The van der Waals surface area contributed by atoms with E-state index in [9.17, 15) is 4.79 Å². The molecule has 0 radical (unpaired) electrons. The second-order valence-electron chi connectivity index (χ2n) is 6.91. The van der Waals surface area contributed by atoms with Crippen molar-refractivity contribution in [2.45, 2.75) is 78.0 Å². The lowest BCUT2D eigenvalue weighted by Gasteiger charge is -2.43. The first kappa shape index (κ1) is 14.5. The van der Waals surface area contributed by atoms with Crippen LogP contribution in [0.4, 0.5) is 0 Å². The van der Waals surface area contributed by atoms with Crippen LogP contribution in [0.3, 0.4) is 0 Å². The fraction of sp³-hybridized carbons (Fsp3) is 0.929. The minimum absolute atomic E-state index is 0.0298. The number of piperidine rings is 1. The number of rotatable bonds is 1. The molecule has 0 unspecified atom stereocenters. The molecule has 1 heterocycles. The van der Waals surface area contributed by atoms with Crippen molar-refractivity contribution in [2.75, 3.05) is 6.54 Å². The van der Waals surface area contributed by atoms with Crippen LogP contribution < -0.4 is 0 Å². The van der Waals surface area contributed by atoms with Crippen LogP contribution in [0.15, 0.2) is 0 Å². The van der Waals surface area contributed by atoms with Gasteiger partial charge in [-0.15, -0.1) is 0 Å².